The number of benzene rings is 2. The summed E-state index contributed by atoms with van der Waals surface area (Å²) in [5.41, 5.74) is 14.6. The Morgan fingerprint density at radius 3 is 1.58 bits per heavy atom. The number of nitrogen functional groups attached to an aromatic ring is 1. The third-order valence-corrected chi connectivity index (χ3v) is 15.4. The van der Waals surface area contributed by atoms with Gasteiger partial charge in [0.2, 0.25) is 0 Å². The van der Waals surface area contributed by atoms with Crippen molar-refractivity contribution in [3.63, 3.8) is 0 Å². The molecule has 2 aromatic carbocycles. The fourth-order valence-electron chi connectivity index (χ4n) is 6.03. The molecule has 0 bridgehead atoms. The molecule has 2 aromatic heterocycles. The van der Waals surface area contributed by atoms with E-state index in [4.69, 9.17) is 27.9 Å². The van der Waals surface area contributed by atoms with Crippen LogP contribution in [-0.2, 0) is 37.2 Å². The van der Waals surface area contributed by atoms with E-state index in [1.807, 2.05) is 0 Å². The molecule has 0 saturated carbocycles. The number of aromatic nitrogens is 2. The highest BCUT2D eigenvalue weighted by Gasteiger charge is 2.50. The van der Waals surface area contributed by atoms with Crippen LogP contribution >= 0.6 is 0 Å². The predicted octanol–water partition coefficient (Wildman–Crippen LogP) is 5.31. The maximum absolute atomic E-state index is 14.7. The summed E-state index contributed by atoms with van der Waals surface area (Å²) in [6, 6.07) is 10.6. The van der Waals surface area contributed by atoms with Gasteiger partial charge in [-0.3, -0.25) is 9.98 Å². The van der Waals surface area contributed by atoms with Gasteiger partial charge in [-0.25, -0.2) is 53.1 Å². The molecule has 13 nitrogen and oxygen atoms in total. The van der Waals surface area contributed by atoms with Gasteiger partial charge in [-0.15, -0.1) is 0 Å². The Kier molecular flexibility index (Phi) is 13.0. The first kappa shape index (κ1) is 46.8. The lowest BCUT2D eigenvalue weighted by atomic mass is 9.90. The average molecular weight is 878 g/mol. The molecule has 2 atom stereocenters. The Balaban J connectivity index is 0.000000226. The number of sulfone groups is 2. The second-order valence-electron chi connectivity index (χ2n) is 15.4. The monoisotopic (exact) mass is 877 g/mol. The predicted molar refractivity (Wildman–Crippen MR) is 214 cm³/mol. The van der Waals surface area contributed by atoms with Gasteiger partial charge in [0.1, 0.15) is 67.3 Å². The highest BCUT2D eigenvalue weighted by molar-refractivity contribution is 7.94. The van der Waals surface area contributed by atoms with Gasteiger partial charge in [-0.2, -0.15) is 5.26 Å². The molecule has 6 rings (SSSR count). The summed E-state index contributed by atoms with van der Waals surface area (Å²) in [5, 5.41) is 16.2. The van der Waals surface area contributed by atoms with Crippen LogP contribution in [0.4, 0.5) is 32.0 Å². The van der Waals surface area contributed by atoms with E-state index in [0.29, 0.717) is 23.4 Å². The van der Waals surface area contributed by atoms with Crippen LogP contribution in [0.15, 0.2) is 70.9 Å². The molecule has 0 fully saturated rings. The van der Waals surface area contributed by atoms with Crippen LogP contribution in [0, 0.1) is 51.6 Å². The minimum atomic E-state index is -3.73. The largest absolute Gasteiger partial charge is 0.399 e. The van der Waals surface area contributed by atoms with E-state index in [0.717, 1.165) is 18.5 Å². The van der Waals surface area contributed by atoms with Crippen LogP contribution in [-0.4, -0.2) is 65.2 Å². The van der Waals surface area contributed by atoms with Crippen molar-refractivity contribution in [1.29, 1.82) is 10.7 Å². The fourth-order valence-corrected chi connectivity index (χ4v) is 9.40. The van der Waals surface area contributed by atoms with E-state index < -0.39 is 80.9 Å². The Morgan fingerprint density at radius 1 is 0.683 bits per heavy atom. The minimum absolute atomic E-state index is 0.00219. The van der Waals surface area contributed by atoms with Crippen LogP contribution in [0.25, 0.3) is 0 Å². The second-order valence-corrected chi connectivity index (χ2v) is 20.4. The van der Waals surface area contributed by atoms with E-state index in [2.05, 4.69) is 20.0 Å². The lowest BCUT2D eigenvalue weighted by Crippen LogP contribution is -2.55. The SMILES string of the molecule is CC1(C)C(N)=N[C@](C)(c2cc(CC(=N)c3ncc(F)cc3F)ccc2F)CS1(=O)=O.CC1(C)C(N)=N[C@](C)(c2cc(N)ccc2F)CS1(=O)=O.N#Cc1ncc(F)cc1F. The average Bonchev–Trinajstić information content (AvgIpc) is 3.12. The van der Waals surface area contributed by atoms with E-state index in [1.54, 1.807) is 6.92 Å². The first-order valence-corrected chi connectivity index (χ1v) is 20.9. The van der Waals surface area contributed by atoms with Gasteiger partial charge in [0.25, 0.3) is 0 Å². The highest BCUT2D eigenvalue weighted by atomic mass is 32.2. The number of hydrogen-bond acceptors (Lipinski definition) is 13. The van der Waals surface area contributed by atoms with Crippen LogP contribution in [0.1, 0.15) is 69.6 Å². The third-order valence-electron chi connectivity index (χ3n) is 10.0. The molecule has 0 aliphatic carbocycles. The van der Waals surface area contributed by atoms with Gasteiger partial charge in [0.05, 0.1) is 29.6 Å². The van der Waals surface area contributed by atoms with Crippen molar-refractivity contribution in [1.82, 2.24) is 9.97 Å². The van der Waals surface area contributed by atoms with Gasteiger partial charge in [0, 0.05) is 35.4 Å². The Hall–Kier alpha value is -5.88. The molecule has 21 heteroatoms. The summed E-state index contributed by atoms with van der Waals surface area (Å²) < 4.78 is 128. The summed E-state index contributed by atoms with van der Waals surface area (Å²) in [4.78, 5) is 15.3. The number of nitrogens with two attached hydrogens (primary N) is 3. The molecule has 7 N–H and O–H groups in total. The maximum atomic E-state index is 14.7. The summed E-state index contributed by atoms with van der Waals surface area (Å²) in [5.74, 6) is -5.67. The van der Waals surface area contributed by atoms with Crippen molar-refractivity contribution in [2.45, 2.75) is 68.5 Å². The quantitative estimate of drug-likeness (QED) is 0.114. The molecule has 2 aliphatic rings. The maximum Gasteiger partial charge on any atom is 0.176 e. The molecular weight excluding hydrogens is 837 g/mol. The molecule has 2 aliphatic heterocycles. The summed E-state index contributed by atoms with van der Waals surface area (Å²) in [7, 11) is -7.29. The molecule has 0 radical (unpaired) electrons. The van der Waals surface area contributed by atoms with Gasteiger partial charge in [-0.05, 0) is 71.4 Å². The van der Waals surface area contributed by atoms with Gasteiger partial charge < -0.3 is 22.6 Å². The number of nitrogens with one attached hydrogen (secondary N) is 1. The zero-order valence-corrected chi connectivity index (χ0v) is 34.7. The van der Waals surface area contributed by atoms with Crippen molar-refractivity contribution in [3.05, 3.63) is 124 Å². The molecule has 0 unspecified atom stereocenters. The number of amidine groups is 2. The fraction of sp³-hybridized carbons (Fsp3) is 0.333. The number of anilines is 1. The first-order valence-electron chi connectivity index (χ1n) is 17.6. The van der Waals surface area contributed by atoms with Crippen molar-refractivity contribution in [2.24, 2.45) is 21.5 Å². The van der Waals surface area contributed by atoms with E-state index in [-0.39, 0.29) is 52.1 Å². The van der Waals surface area contributed by atoms with Gasteiger partial charge >= 0.3 is 0 Å². The zero-order chi connectivity index (χ0) is 45.4. The summed E-state index contributed by atoms with van der Waals surface area (Å²) in [6.07, 6.45) is 1.47. The van der Waals surface area contributed by atoms with E-state index >= 15 is 0 Å². The van der Waals surface area contributed by atoms with Crippen molar-refractivity contribution in [3.8, 4) is 6.07 Å². The van der Waals surface area contributed by atoms with Crippen LogP contribution in [0.2, 0.25) is 0 Å². The molecule has 0 amide bonds. The molecule has 0 saturated heterocycles. The third kappa shape index (κ3) is 9.44. The Labute approximate surface area is 342 Å². The lowest BCUT2D eigenvalue weighted by molar-refractivity contribution is 0.474. The van der Waals surface area contributed by atoms with Crippen LogP contribution < -0.4 is 17.2 Å². The summed E-state index contributed by atoms with van der Waals surface area (Å²) in [6.45, 7) is 8.90. The van der Waals surface area contributed by atoms with Gasteiger partial charge in [-0.1, -0.05) is 12.1 Å². The topological polar surface area (TPSA) is 244 Å². The van der Waals surface area contributed by atoms with Crippen LogP contribution in [0.5, 0.6) is 0 Å². The smallest absolute Gasteiger partial charge is 0.176 e. The number of nitriles is 1. The van der Waals surface area contributed by atoms with Crippen molar-refractivity contribution >= 4 is 42.7 Å². The number of rotatable bonds is 5. The zero-order valence-electron chi connectivity index (χ0n) is 33.1. The molecule has 4 aromatic rings. The summed E-state index contributed by atoms with van der Waals surface area (Å²) >= 11 is 0. The standard InChI is InChI=1S/C20H21F3N4O2S.C13H18FN3O2S.C6H2F2N2/c1-19(2)18(25)27-20(3,10-30(19,28)29)13-6-11(4-5-14(13)22)7-16(24)17-15(23)8-12(21)9-26-17;1-12(2)11(16)17-13(3,7-20(12,18)19)9-6-8(15)4-5-10(9)14;7-4-1-5(8)6(2-9)10-3-4/h4-6,8-9,24H,7,10H2,1-3H3,(H2,25,27);4-6H,7,15H2,1-3H3,(H2,16,17);1,3H/t20-;13-;/m00./s1. The molecule has 0 spiro atoms. The number of hydrogen-bond donors (Lipinski definition) is 4. The Bertz CT molecular complexity index is 2710. The highest BCUT2D eigenvalue weighted by Crippen LogP contribution is 2.39. The normalized spacial score (nSPS) is 22.0. The number of pyridine rings is 2. The first-order chi connectivity index (χ1) is 27.5. The van der Waals surface area contributed by atoms with Crippen molar-refractivity contribution < 1.29 is 43.2 Å². The minimum Gasteiger partial charge on any atom is -0.399 e. The van der Waals surface area contributed by atoms with Crippen molar-refractivity contribution in [2.75, 3.05) is 17.2 Å². The molecule has 4 heterocycles. The van der Waals surface area contributed by atoms with Gasteiger partial charge in [0.15, 0.2) is 37.0 Å². The van der Waals surface area contributed by atoms with Crippen LogP contribution in [0.3, 0.4) is 0 Å². The second kappa shape index (κ2) is 16.6. The lowest BCUT2D eigenvalue weighted by Gasteiger charge is -2.38. The number of halogens is 6. The van der Waals surface area contributed by atoms with E-state index in [9.17, 15) is 43.2 Å². The molecular formula is C39H41F6N9O4S2. The Morgan fingerprint density at radius 2 is 1.13 bits per heavy atom. The van der Waals surface area contributed by atoms with E-state index in [1.165, 1.54) is 71.0 Å². The number of aliphatic imine (C=N–C) groups is 2. The molecule has 320 valence electrons. The number of nitrogens with zero attached hydrogens (tertiary/aromatic N) is 5. The molecule has 60 heavy (non-hydrogen) atoms.